The molecule has 1 atom stereocenters. The summed E-state index contributed by atoms with van der Waals surface area (Å²) in [7, 11) is 0. The van der Waals surface area contributed by atoms with E-state index in [-0.39, 0.29) is 6.10 Å². The molecule has 13 heavy (non-hydrogen) atoms. The van der Waals surface area contributed by atoms with Crippen LogP contribution < -0.4 is 0 Å². The largest absolute Gasteiger partial charge is 0.433 e. The third-order valence-electron chi connectivity index (χ3n) is 1.72. The summed E-state index contributed by atoms with van der Waals surface area (Å²) in [5.74, 6) is 0. The standard InChI is InChI=1S/C8H6F3NO/c9-8(10,11)7-3-1-2-5(12-7)6-4-13-6/h1-3,6H,4H2. The molecular formula is C8H6F3NO. The Morgan fingerprint density at radius 1 is 1.38 bits per heavy atom. The maximum atomic E-state index is 12.1. The molecule has 0 radical (unpaired) electrons. The average Bonchev–Trinajstić information content (AvgIpc) is 2.85. The number of ether oxygens (including phenoxy) is 1. The molecule has 0 aliphatic carbocycles. The van der Waals surface area contributed by atoms with Gasteiger partial charge in [0.1, 0.15) is 11.8 Å². The third-order valence-corrected chi connectivity index (χ3v) is 1.72. The van der Waals surface area contributed by atoms with Gasteiger partial charge in [0.2, 0.25) is 0 Å². The molecule has 0 aromatic carbocycles. The lowest BCUT2D eigenvalue weighted by Gasteiger charge is -2.05. The number of halogens is 3. The van der Waals surface area contributed by atoms with Crippen molar-refractivity contribution in [1.29, 1.82) is 0 Å². The van der Waals surface area contributed by atoms with Gasteiger partial charge < -0.3 is 4.74 Å². The SMILES string of the molecule is FC(F)(F)c1cccc(C2CO2)n1. The van der Waals surface area contributed by atoms with E-state index >= 15 is 0 Å². The van der Waals surface area contributed by atoms with Crippen LogP contribution >= 0.6 is 0 Å². The molecule has 1 aromatic heterocycles. The zero-order chi connectivity index (χ0) is 9.47. The van der Waals surface area contributed by atoms with E-state index < -0.39 is 11.9 Å². The molecule has 0 amide bonds. The summed E-state index contributed by atoms with van der Waals surface area (Å²) in [5.41, 5.74) is -0.504. The van der Waals surface area contributed by atoms with Gasteiger partial charge in [0.25, 0.3) is 0 Å². The Morgan fingerprint density at radius 3 is 2.62 bits per heavy atom. The van der Waals surface area contributed by atoms with Gasteiger partial charge in [-0.15, -0.1) is 0 Å². The Labute approximate surface area is 72.4 Å². The number of aromatic nitrogens is 1. The van der Waals surface area contributed by atoms with Crippen LogP contribution in [0, 0.1) is 0 Å². The Bertz CT molecular complexity index is 319. The minimum Gasteiger partial charge on any atom is -0.366 e. The summed E-state index contributed by atoms with van der Waals surface area (Å²) in [6, 6.07) is 3.83. The highest BCUT2D eigenvalue weighted by Gasteiger charge is 2.34. The third kappa shape index (κ3) is 1.80. The van der Waals surface area contributed by atoms with E-state index in [4.69, 9.17) is 4.74 Å². The molecule has 1 aliphatic rings. The van der Waals surface area contributed by atoms with Gasteiger partial charge in [-0.2, -0.15) is 13.2 Å². The highest BCUT2D eigenvalue weighted by molar-refractivity contribution is 5.17. The first-order valence-corrected chi connectivity index (χ1v) is 3.73. The zero-order valence-electron chi connectivity index (χ0n) is 6.51. The molecule has 0 bridgehead atoms. The van der Waals surface area contributed by atoms with Crippen molar-refractivity contribution in [3.8, 4) is 0 Å². The molecule has 2 rings (SSSR count). The molecule has 1 saturated heterocycles. The second kappa shape index (κ2) is 2.70. The fourth-order valence-electron chi connectivity index (χ4n) is 1.01. The van der Waals surface area contributed by atoms with Crippen molar-refractivity contribution < 1.29 is 17.9 Å². The first-order chi connectivity index (χ1) is 6.07. The van der Waals surface area contributed by atoms with Gasteiger partial charge in [0, 0.05) is 0 Å². The summed E-state index contributed by atoms with van der Waals surface area (Å²) in [6.07, 6.45) is -4.60. The Kier molecular flexibility index (Phi) is 1.76. The smallest absolute Gasteiger partial charge is 0.366 e. The highest BCUT2D eigenvalue weighted by Crippen LogP contribution is 2.32. The van der Waals surface area contributed by atoms with E-state index in [1.54, 1.807) is 0 Å². The first kappa shape index (κ1) is 8.50. The first-order valence-electron chi connectivity index (χ1n) is 3.73. The van der Waals surface area contributed by atoms with Gasteiger partial charge in [-0.25, -0.2) is 4.98 Å². The summed E-state index contributed by atoms with van der Waals surface area (Å²) in [5, 5.41) is 0. The lowest BCUT2D eigenvalue weighted by Crippen LogP contribution is -2.08. The van der Waals surface area contributed by atoms with E-state index in [1.165, 1.54) is 12.1 Å². The number of hydrogen-bond acceptors (Lipinski definition) is 2. The van der Waals surface area contributed by atoms with Crippen LogP contribution in [-0.2, 0) is 10.9 Å². The van der Waals surface area contributed by atoms with Gasteiger partial charge in [-0.3, -0.25) is 0 Å². The molecule has 1 aromatic rings. The minimum atomic E-state index is -4.37. The fraction of sp³-hybridized carbons (Fsp3) is 0.375. The van der Waals surface area contributed by atoms with Crippen LogP contribution in [0.1, 0.15) is 17.5 Å². The lowest BCUT2D eigenvalue weighted by atomic mass is 10.2. The van der Waals surface area contributed by atoms with Gasteiger partial charge in [0.15, 0.2) is 0 Å². The van der Waals surface area contributed by atoms with Crippen LogP contribution in [-0.4, -0.2) is 11.6 Å². The Hall–Kier alpha value is -1.10. The Balaban J connectivity index is 2.32. The van der Waals surface area contributed by atoms with E-state index in [1.807, 2.05) is 0 Å². The normalized spacial score (nSPS) is 21.6. The fourth-order valence-corrected chi connectivity index (χ4v) is 1.01. The number of alkyl halides is 3. The van der Waals surface area contributed by atoms with E-state index in [9.17, 15) is 13.2 Å². The van der Waals surface area contributed by atoms with Crippen LogP contribution in [0.4, 0.5) is 13.2 Å². The van der Waals surface area contributed by atoms with Crippen molar-refractivity contribution in [3.05, 3.63) is 29.6 Å². The molecule has 70 valence electrons. The summed E-state index contributed by atoms with van der Waals surface area (Å²) >= 11 is 0. The number of pyridine rings is 1. The van der Waals surface area contributed by atoms with Gasteiger partial charge in [0.05, 0.1) is 12.3 Å². The van der Waals surface area contributed by atoms with E-state index in [2.05, 4.69) is 4.98 Å². The molecular weight excluding hydrogens is 183 g/mol. The van der Waals surface area contributed by atoms with Crippen molar-refractivity contribution in [2.45, 2.75) is 12.3 Å². The number of epoxide rings is 1. The second-order valence-corrected chi connectivity index (χ2v) is 2.77. The monoisotopic (exact) mass is 189 g/mol. The second-order valence-electron chi connectivity index (χ2n) is 2.77. The maximum Gasteiger partial charge on any atom is 0.433 e. The van der Waals surface area contributed by atoms with Crippen molar-refractivity contribution >= 4 is 0 Å². The van der Waals surface area contributed by atoms with Crippen LogP contribution in [0.5, 0.6) is 0 Å². The zero-order valence-corrected chi connectivity index (χ0v) is 6.51. The quantitative estimate of drug-likeness (QED) is 0.632. The number of rotatable bonds is 1. The molecule has 2 heterocycles. The number of nitrogens with zero attached hydrogens (tertiary/aromatic N) is 1. The molecule has 1 fully saturated rings. The maximum absolute atomic E-state index is 12.1. The average molecular weight is 189 g/mol. The summed E-state index contributed by atoms with van der Waals surface area (Å²) in [4.78, 5) is 3.46. The van der Waals surface area contributed by atoms with Gasteiger partial charge in [-0.1, -0.05) is 6.07 Å². The summed E-state index contributed by atoms with van der Waals surface area (Å²) in [6.45, 7) is 0.467. The van der Waals surface area contributed by atoms with Gasteiger partial charge in [-0.05, 0) is 12.1 Å². The molecule has 0 saturated carbocycles. The van der Waals surface area contributed by atoms with E-state index in [0.717, 1.165) is 6.07 Å². The predicted molar refractivity (Wildman–Crippen MR) is 37.9 cm³/mol. The molecule has 5 heteroatoms. The van der Waals surface area contributed by atoms with Gasteiger partial charge >= 0.3 is 6.18 Å². The predicted octanol–water partition coefficient (Wildman–Crippen LogP) is 2.17. The molecule has 0 spiro atoms. The lowest BCUT2D eigenvalue weighted by molar-refractivity contribution is -0.141. The highest BCUT2D eigenvalue weighted by atomic mass is 19.4. The van der Waals surface area contributed by atoms with Crippen molar-refractivity contribution in [3.63, 3.8) is 0 Å². The van der Waals surface area contributed by atoms with Crippen molar-refractivity contribution in [2.24, 2.45) is 0 Å². The molecule has 1 unspecified atom stereocenters. The molecule has 0 N–H and O–H groups in total. The van der Waals surface area contributed by atoms with E-state index in [0.29, 0.717) is 12.3 Å². The van der Waals surface area contributed by atoms with Crippen LogP contribution in [0.2, 0.25) is 0 Å². The molecule has 1 aliphatic heterocycles. The van der Waals surface area contributed by atoms with Crippen LogP contribution in [0.3, 0.4) is 0 Å². The van der Waals surface area contributed by atoms with Crippen molar-refractivity contribution in [2.75, 3.05) is 6.61 Å². The van der Waals surface area contributed by atoms with Crippen LogP contribution in [0.15, 0.2) is 18.2 Å². The number of hydrogen-bond donors (Lipinski definition) is 0. The summed E-state index contributed by atoms with van der Waals surface area (Å²) < 4.78 is 41.3. The molecule has 2 nitrogen and oxygen atoms in total. The van der Waals surface area contributed by atoms with Crippen molar-refractivity contribution in [1.82, 2.24) is 4.98 Å². The topological polar surface area (TPSA) is 25.4 Å². The minimum absolute atomic E-state index is 0.234. The Morgan fingerprint density at radius 2 is 2.08 bits per heavy atom. The van der Waals surface area contributed by atoms with Crippen LogP contribution in [0.25, 0.3) is 0 Å².